The van der Waals surface area contributed by atoms with E-state index in [0.29, 0.717) is 16.3 Å². The molecule has 2 aromatic carbocycles. The summed E-state index contributed by atoms with van der Waals surface area (Å²) in [5, 5.41) is 7.02. The van der Waals surface area contributed by atoms with Crippen LogP contribution in [0.4, 0.5) is 4.39 Å². The van der Waals surface area contributed by atoms with E-state index in [4.69, 9.17) is 17.0 Å². The van der Waals surface area contributed by atoms with Crippen molar-refractivity contribution in [2.75, 3.05) is 7.11 Å². The highest BCUT2D eigenvalue weighted by molar-refractivity contribution is 7.71. The zero-order valence-electron chi connectivity index (χ0n) is 11.2. The molecule has 0 saturated heterocycles. The van der Waals surface area contributed by atoms with Crippen LogP contribution in [0.2, 0.25) is 0 Å². The molecule has 0 spiro atoms. The van der Waals surface area contributed by atoms with Crippen molar-refractivity contribution < 1.29 is 9.13 Å². The van der Waals surface area contributed by atoms with E-state index in [1.807, 2.05) is 30.3 Å². The summed E-state index contributed by atoms with van der Waals surface area (Å²) < 4.78 is 20.7. The van der Waals surface area contributed by atoms with Gasteiger partial charge in [-0.15, -0.1) is 0 Å². The highest BCUT2D eigenvalue weighted by Gasteiger charge is 2.12. The lowest BCUT2D eigenvalue weighted by molar-refractivity contribution is 0.386. The van der Waals surface area contributed by atoms with Gasteiger partial charge in [0.1, 0.15) is 0 Å². The Morgan fingerprint density at radius 1 is 1.19 bits per heavy atom. The maximum atomic E-state index is 13.6. The van der Waals surface area contributed by atoms with E-state index in [0.717, 1.165) is 5.56 Å². The summed E-state index contributed by atoms with van der Waals surface area (Å²) >= 11 is 5.28. The van der Waals surface area contributed by atoms with Crippen LogP contribution in [0.15, 0.2) is 48.5 Å². The zero-order chi connectivity index (χ0) is 14.8. The van der Waals surface area contributed by atoms with Gasteiger partial charge in [-0.2, -0.15) is 5.10 Å². The Bertz CT molecular complexity index is 826. The lowest BCUT2D eigenvalue weighted by Gasteiger charge is -2.09. The summed E-state index contributed by atoms with van der Waals surface area (Å²) in [5.41, 5.74) is 1.60. The Balaban J connectivity index is 2.20. The second kappa shape index (κ2) is 5.49. The first-order valence-electron chi connectivity index (χ1n) is 6.27. The molecule has 0 unspecified atom stereocenters. The van der Waals surface area contributed by atoms with Crippen molar-refractivity contribution in [3.8, 4) is 22.8 Å². The largest absolute Gasteiger partial charge is 0.494 e. The Morgan fingerprint density at radius 3 is 2.67 bits per heavy atom. The van der Waals surface area contributed by atoms with Crippen molar-refractivity contribution in [1.29, 1.82) is 0 Å². The number of ether oxygens (including phenoxy) is 1. The van der Waals surface area contributed by atoms with Crippen molar-refractivity contribution in [2.24, 2.45) is 0 Å². The molecule has 1 heterocycles. The molecule has 0 saturated carbocycles. The standard InChI is InChI=1S/C15H12FN3OS/c1-20-13-9-11(7-8-12(13)16)19-14(17-18-15(19)21)10-5-3-2-4-6-10/h2-9H,1H3,(H,18,21). The molecule has 0 fully saturated rings. The molecular weight excluding hydrogens is 289 g/mol. The van der Waals surface area contributed by atoms with E-state index in [-0.39, 0.29) is 5.75 Å². The van der Waals surface area contributed by atoms with Gasteiger partial charge in [-0.25, -0.2) is 4.39 Å². The minimum Gasteiger partial charge on any atom is -0.494 e. The monoisotopic (exact) mass is 301 g/mol. The number of benzene rings is 2. The van der Waals surface area contributed by atoms with Crippen molar-refractivity contribution in [3.05, 3.63) is 59.1 Å². The third-order valence-corrected chi connectivity index (χ3v) is 3.37. The Morgan fingerprint density at radius 2 is 1.95 bits per heavy atom. The van der Waals surface area contributed by atoms with Crippen LogP contribution in [0.5, 0.6) is 5.75 Å². The number of aromatic amines is 1. The fourth-order valence-electron chi connectivity index (χ4n) is 2.10. The zero-order valence-corrected chi connectivity index (χ0v) is 12.0. The van der Waals surface area contributed by atoms with Crippen LogP contribution in [0.1, 0.15) is 0 Å². The molecule has 0 radical (unpaired) electrons. The summed E-state index contributed by atoms with van der Waals surface area (Å²) in [5.74, 6) is 0.404. The first-order chi connectivity index (χ1) is 10.2. The van der Waals surface area contributed by atoms with E-state index in [2.05, 4.69) is 10.2 Å². The van der Waals surface area contributed by atoms with Crippen molar-refractivity contribution >= 4 is 12.2 Å². The van der Waals surface area contributed by atoms with Crippen LogP contribution in [0.25, 0.3) is 17.1 Å². The van der Waals surface area contributed by atoms with E-state index < -0.39 is 5.82 Å². The number of hydrogen-bond donors (Lipinski definition) is 1. The van der Waals surface area contributed by atoms with Crippen LogP contribution in [-0.4, -0.2) is 21.9 Å². The predicted molar refractivity (Wildman–Crippen MR) is 80.7 cm³/mol. The van der Waals surface area contributed by atoms with Gasteiger partial charge in [0.2, 0.25) is 0 Å². The minimum atomic E-state index is -0.419. The Kier molecular flexibility index (Phi) is 3.53. The number of halogens is 1. The van der Waals surface area contributed by atoms with E-state index in [1.165, 1.54) is 13.2 Å². The van der Waals surface area contributed by atoms with Gasteiger partial charge in [-0.3, -0.25) is 9.67 Å². The number of nitrogens with zero attached hydrogens (tertiary/aromatic N) is 2. The molecule has 6 heteroatoms. The second-order valence-corrected chi connectivity index (χ2v) is 4.76. The van der Waals surface area contributed by atoms with Gasteiger partial charge in [0.15, 0.2) is 22.2 Å². The molecule has 3 aromatic rings. The topological polar surface area (TPSA) is 42.8 Å². The van der Waals surface area contributed by atoms with E-state index in [9.17, 15) is 4.39 Å². The molecule has 0 amide bonds. The fourth-order valence-corrected chi connectivity index (χ4v) is 2.34. The van der Waals surface area contributed by atoms with Crippen molar-refractivity contribution in [3.63, 3.8) is 0 Å². The van der Waals surface area contributed by atoms with Crippen LogP contribution in [0, 0.1) is 10.6 Å². The summed E-state index contributed by atoms with van der Waals surface area (Å²) in [4.78, 5) is 0. The molecule has 1 N–H and O–H groups in total. The number of methoxy groups -OCH3 is 1. The lowest BCUT2D eigenvalue weighted by atomic mass is 10.2. The average Bonchev–Trinajstić information content (AvgIpc) is 2.90. The molecule has 21 heavy (non-hydrogen) atoms. The molecule has 4 nitrogen and oxygen atoms in total. The summed E-state index contributed by atoms with van der Waals surface area (Å²) in [6, 6.07) is 14.2. The Hall–Kier alpha value is -2.47. The van der Waals surface area contributed by atoms with Gasteiger partial charge in [0, 0.05) is 11.6 Å². The maximum absolute atomic E-state index is 13.6. The number of nitrogens with one attached hydrogen (secondary N) is 1. The SMILES string of the molecule is COc1cc(-n2c(-c3ccccc3)n[nH]c2=S)ccc1F. The number of hydrogen-bond acceptors (Lipinski definition) is 3. The smallest absolute Gasteiger partial charge is 0.200 e. The van der Waals surface area contributed by atoms with Gasteiger partial charge >= 0.3 is 0 Å². The quantitative estimate of drug-likeness (QED) is 0.749. The Labute approximate surface area is 125 Å². The van der Waals surface area contributed by atoms with Crippen LogP contribution in [0.3, 0.4) is 0 Å². The number of aromatic nitrogens is 3. The van der Waals surface area contributed by atoms with Gasteiger partial charge in [0.05, 0.1) is 12.8 Å². The maximum Gasteiger partial charge on any atom is 0.200 e. The summed E-state index contributed by atoms with van der Waals surface area (Å²) in [6.45, 7) is 0. The minimum absolute atomic E-state index is 0.162. The average molecular weight is 301 g/mol. The summed E-state index contributed by atoms with van der Waals surface area (Å²) in [6.07, 6.45) is 0. The van der Waals surface area contributed by atoms with Crippen LogP contribution in [-0.2, 0) is 0 Å². The van der Waals surface area contributed by atoms with Crippen LogP contribution < -0.4 is 4.74 Å². The second-order valence-electron chi connectivity index (χ2n) is 4.37. The molecular formula is C15H12FN3OS. The fraction of sp³-hybridized carbons (Fsp3) is 0.0667. The molecule has 0 bridgehead atoms. The molecule has 0 aliphatic heterocycles. The van der Waals surface area contributed by atoms with Gasteiger partial charge in [-0.05, 0) is 24.4 Å². The molecule has 106 valence electrons. The molecule has 1 aromatic heterocycles. The lowest BCUT2D eigenvalue weighted by Crippen LogP contribution is -1.99. The van der Waals surface area contributed by atoms with E-state index >= 15 is 0 Å². The molecule has 0 aliphatic rings. The highest BCUT2D eigenvalue weighted by Crippen LogP contribution is 2.25. The summed E-state index contributed by atoms with van der Waals surface area (Å²) in [7, 11) is 1.43. The molecule has 3 rings (SSSR count). The predicted octanol–water partition coefficient (Wildman–Crippen LogP) is 3.74. The number of rotatable bonds is 3. The third kappa shape index (κ3) is 2.45. The normalized spacial score (nSPS) is 10.6. The van der Waals surface area contributed by atoms with Crippen molar-refractivity contribution in [1.82, 2.24) is 14.8 Å². The molecule has 0 atom stereocenters. The molecule has 0 aliphatic carbocycles. The number of H-pyrrole nitrogens is 1. The first-order valence-corrected chi connectivity index (χ1v) is 6.68. The van der Waals surface area contributed by atoms with Gasteiger partial charge in [-0.1, -0.05) is 30.3 Å². The van der Waals surface area contributed by atoms with Crippen molar-refractivity contribution in [2.45, 2.75) is 0 Å². The van der Waals surface area contributed by atoms with Gasteiger partial charge in [0.25, 0.3) is 0 Å². The highest BCUT2D eigenvalue weighted by atomic mass is 32.1. The first kappa shape index (κ1) is 13.5. The van der Waals surface area contributed by atoms with Crippen LogP contribution >= 0.6 is 12.2 Å². The van der Waals surface area contributed by atoms with E-state index in [1.54, 1.807) is 16.7 Å². The van der Waals surface area contributed by atoms with Gasteiger partial charge < -0.3 is 4.74 Å². The third-order valence-electron chi connectivity index (χ3n) is 3.10.